The lowest BCUT2D eigenvalue weighted by Crippen LogP contribution is -2.46. The van der Waals surface area contributed by atoms with Gasteiger partial charge in [0.1, 0.15) is 6.04 Å². The van der Waals surface area contributed by atoms with Crippen LogP contribution in [-0.4, -0.2) is 40.3 Å². The second-order valence-electron chi connectivity index (χ2n) is 10.2. The first-order valence-corrected chi connectivity index (χ1v) is 14.1. The van der Waals surface area contributed by atoms with Crippen LogP contribution in [0.4, 0.5) is 17.1 Å². The van der Waals surface area contributed by atoms with Gasteiger partial charge in [0.25, 0.3) is 17.5 Å². The third kappa shape index (κ3) is 6.20. The van der Waals surface area contributed by atoms with Gasteiger partial charge in [-0.1, -0.05) is 60.4 Å². The molecule has 0 radical (unpaired) electrons. The van der Waals surface area contributed by atoms with Crippen LogP contribution in [-0.2, 0) is 14.3 Å². The highest BCUT2D eigenvalue weighted by atomic mass is 16.6. The quantitative estimate of drug-likeness (QED) is 0.110. The molecule has 2 amide bonds. The molecule has 4 aromatic rings. The number of carbonyl (C=O) groups is 3. The molecule has 2 atom stereocenters. The molecule has 44 heavy (non-hydrogen) atoms. The topological polar surface area (TPSA) is 110 Å². The predicted molar refractivity (Wildman–Crippen MR) is 165 cm³/mol. The second-order valence-corrected chi connectivity index (χ2v) is 10.2. The Bertz CT molecular complexity index is 1760. The molecular weight excluding hydrogens is 558 g/mol. The number of anilines is 2. The van der Waals surface area contributed by atoms with Crippen LogP contribution >= 0.6 is 0 Å². The summed E-state index contributed by atoms with van der Waals surface area (Å²) in [5.41, 5.74) is 2.84. The number of amides is 2. The third-order valence-corrected chi connectivity index (χ3v) is 7.24. The molecule has 0 fully saturated rings. The van der Waals surface area contributed by atoms with Crippen LogP contribution in [0.5, 0.6) is 0 Å². The van der Waals surface area contributed by atoms with Crippen molar-refractivity contribution in [2.75, 3.05) is 11.5 Å². The highest BCUT2D eigenvalue weighted by Gasteiger charge is 2.43. The summed E-state index contributed by atoms with van der Waals surface area (Å²) in [4.78, 5) is 55.2. The number of rotatable bonds is 7. The molecule has 0 aliphatic carbocycles. The van der Waals surface area contributed by atoms with Gasteiger partial charge in [-0.3, -0.25) is 29.4 Å². The van der Waals surface area contributed by atoms with E-state index in [4.69, 9.17) is 4.74 Å². The molecule has 1 heterocycles. The van der Waals surface area contributed by atoms with Crippen LogP contribution in [0.2, 0.25) is 0 Å². The summed E-state index contributed by atoms with van der Waals surface area (Å²) in [7, 11) is 0. The molecule has 0 saturated carbocycles. The minimum Gasteiger partial charge on any atom is -0.466 e. The van der Waals surface area contributed by atoms with Crippen LogP contribution in [0, 0.1) is 22.0 Å². The molecule has 0 spiro atoms. The number of non-ortho nitro benzene ring substituents is 1. The first-order valence-electron chi connectivity index (χ1n) is 14.1. The Hall–Kier alpha value is -5.75. The monoisotopic (exact) mass is 587 g/mol. The van der Waals surface area contributed by atoms with Crippen LogP contribution < -0.4 is 4.90 Å². The van der Waals surface area contributed by atoms with Gasteiger partial charge in [0, 0.05) is 35.0 Å². The summed E-state index contributed by atoms with van der Waals surface area (Å²) in [5, 5.41) is 11.0. The van der Waals surface area contributed by atoms with E-state index in [1.165, 1.54) is 21.9 Å². The van der Waals surface area contributed by atoms with Crippen molar-refractivity contribution in [2.45, 2.75) is 32.4 Å². The molecule has 1 aliphatic rings. The molecule has 0 aromatic heterocycles. The fraction of sp³-hybridized carbons (Fsp3) is 0.171. The van der Waals surface area contributed by atoms with E-state index in [0.29, 0.717) is 28.1 Å². The van der Waals surface area contributed by atoms with Crippen molar-refractivity contribution < 1.29 is 24.0 Å². The summed E-state index contributed by atoms with van der Waals surface area (Å²) in [6.45, 7) is 3.64. The highest BCUT2D eigenvalue weighted by Crippen LogP contribution is 2.40. The molecule has 1 aliphatic heterocycles. The number of para-hydroxylation sites is 1. The van der Waals surface area contributed by atoms with E-state index in [1.54, 1.807) is 80.6 Å². The van der Waals surface area contributed by atoms with Crippen molar-refractivity contribution in [3.63, 3.8) is 0 Å². The molecular formula is C35H29N3O6. The summed E-state index contributed by atoms with van der Waals surface area (Å²) in [6.07, 6.45) is -0.101. The number of ether oxygens (including phenoxy) is 1. The first-order chi connectivity index (χ1) is 21.3. The zero-order chi connectivity index (χ0) is 31.2. The van der Waals surface area contributed by atoms with Crippen molar-refractivity contribution in [3.05, 3.63) is 135 Å². The molecule has 5 rings (SSSR count). The van der Waals surface area contributed by atoms with Crippen molar-refractivity contribution in [1.82, 2.24) is 4.90 Å². The molecule has 0 N–H and O–H groups in total. The van der Waals surface area contributed by atoms with Crippen LogP contribution in [0.25, 0.3) is 0 Å². The van der Waals surface area contributed by atoms with E-state index in [-0.39, 0.29) is 30.2 Å². The average Bonchev–Trinajstić information content (AvgIpc) is 3.12. The number of benzene rings is 4. The number of nitro groups is 1. The summed E-state index contributed by atoms with van der Waals surface area (Å²) in [5.74, 6) is 4.76. The Morgan fingerprint density at radius 3 is 2.16 bits per heavy atom. The van der Waals surface area contributed by atoms with Gasteiger partial charge in [-0.2, -0.15) is 0 Å². The predicted octanol–water partition coefficient (Wildman–Crippen LogP) is 6.20. The average molecular weight is 588 g/mol. The number of nitro benzene ring substituents is 1. The van der Waals surface area contributed by atoms with E-state index in [0.717, 1.165) is 0 Å². The largest absolute Gasteiger partial charge is 0.466 e. The second kappa shape index (κ2) is 13.0. The SMILES string of the molecule is CCOC(=O)CC(C)N1C(=O)c2cc(C#Cc3ccc([N+](=O)[O-])cc3)ccc2N(c2ccccc2)C(=O)C1c1ccccc1. The smallest absolute Gasteiger partial charge is 0.307 e. The lowest BCUT2D eigenvalue weighted by Gasteiger charge is -2.35. The Morgan fingerprint density at radius 2 is 1.52 bits per heavy atom. The summed E-state index contributed by atoms with van der Waals surface area (Å²) < 4.78 is 5.18. The van der Waals surface area contributed by atoms with E-state index in [2.05, 4.69) is 11.8 Å². The summed E-state index contributed by atoms with van der Waals surface area (Å²) in [6, 6.07) is 27.3. The lowest BCUT2D eigenvalue weighted by atomic mass is 10.0. The Labute approximate surface area is 254 Å². The fourth-order valence-corrected chi connectivity index (χ4v) is 5.20. The fourth-order valence-electron chi connectivity index (χ4n) is 5.20. The lowest BCUT2D eigenvalue weighted by molar-refractivity contribution is -0.384. The van der Waals surface area contributed by atoms with Crippen molar-refractivity contribution in [1.29, 1.82) is 0 Å². The van der Waals surface area contributed by atoms with Crippen molar-refractivity contribution >= 4 is 34.8 Å². The third-order valence-electron chi connectivity index (χ3n) is 7.24. The number of hydrogen-bond acceptors (Lipinski definition) is 6. The number of hydrogen-bond donors (Lipinski definition) is 0. The molecule has 4 aromatic carbocycles. The molecule has 2 unspecified atom stereocenters. The Kier molecular flexibility index (Phi) is 8.82. The number of fused-ring (bicyclic) bond motifs is 1. The molecule has 9 heteroatoms. The zero-order valence-corrected chi connectivity index (χ0v) is 24.2. The number of carbonyl (C=O) groups excluding carboxylic acids is 3. The van der Waals surface area contributed by atoms with Crippen LogP contribution in [0.3, 0.4) is 0 Å². The maximum Gasteiger partial charge on any atom is 0.307 e. The molecule has 0 saturated heterocycles. The van der Waals surface area contributed by atoms with Gasteiger partial charge in [0.05, 0.1) is 29.2 Å². The molecule has 9 nitrogen and oxygen atoms in total. The molecule has 220 valence electrons. The van der Waals surface area contributed by atoms with Gasteiger partial charge in [0.15, 0.2) is 0 Å². The Balaban J connectivity index is 1.66. The van der Waals surface area contributed by atoms with Gasteiger partial charge in [-0.25, -0.2) is 0 Å². The summed E-state index contributed by atoms with van der Waals surface area (Å²) >= 11 is 0. The maximum atomic E-state index is 14.6. The van der Waals surface area contributed by atoms with Crippen LogP contribution in [0.15, 0.2) is 103 Å². The van der Waals surface area contributed by atoms with E-state index < -0.39 is 28.9 Å². The first kappa shape index (κ1) is 29.7. The van der Waals surface area contributed by atoms with Gasteiger partial charge < -0.3 is 9.64 Å². The Morgan fingerprint density at radius 1 is 0.909 bits per heavy atom. The standard InChI is InChI=1S/C35H29N3O6/c1-3-44-32(39)22-24(2)36-33(27-10-6-4-7-11-27)35(41)37(28-12-8-5-9-13-28)31-21-18-26(23-30(31)34(36)40)15-14-25-16-19-29(20-17-25)38(42)43/h4-13,16-21,23-24,33H,3,22H2,1-2H3. The zero-order valence-electron chi connectivity index (χ0n) is 24.2. The van der Waals surface area contributed by atoms with Gasteiger partial charge in [-0.05, 0) is 61.9 Å². The van der Waals surface area contributed by atoms with E-state index in [1.807, 2.05) is 24.3 Å². The minimum absolute atomic E-state index is 0.0400. The van der Waals surface area contributed by atoms with E-state index >= 15 is 0 Å². The van der Waals surface area contributed by atoms with Crippen molar-refractivity contribution in [2.24, 2.45) is 0 Å². The number of esters is 1. The van der Waals surface area contributed by atoms with Crippen LogP contribution in [0.1, 0.15) is 53.4 Å². The van der Waals surface area contributed by atoms with Gasteiger partial charge in [0.2, 0.25) is 0 Å². The van der Waals surface area contributed by atoms with E-state index in [9.17, 15) is 24.5 Å². The minimum atomic E-state index is -1.03. The number of nitrogens with zero attached hydrogens (tertiary/aromatic N) is 3. The highest BCUT2D eigenvalue weighted by molar-refractivity contribution is 6.14. The van der Waals surface area contributed by atoms with Crippen molar-refractivity contribution in [3.8, 4) is 11.8 Å². The maximum absolute atomic E-state index is 14.6. The molecule has 0 bridgehead atoms. The van der Waals surface area contributed by atoms with Gasteiger partial charge in [-0.15, -0.1) is 0 Å². The van der Waals surface area contributed by atoms with Gasteiger partial charge >= 0.3 is 5.97 Å². The normalized spacial score (nSPS) is 15.0.